The summed E-state index contributed by atoms with van der Waals surface area (Å²) in [6.07, 6.45) is 0.290. The number of rotatable bonds is 4. The molecule has 1 amide bonds. The standard InChI is InChI=1S/C23H20N2O5S/c26-23(24-18-10-11-21-22(13-18)30-15-29-21)20-12-16-6-4-5-7-17(16)14-25(20)31(27,28)19-8-2-1-3-9-19/h1-11,13,20H,12,14-15H2,(H,24,26). The zero-order valence-electron chi connectivity index (χ0n) is 16.5. The lowest BCUT2D eigenvalue weighted by atomic mass is 9.95. The van der Waals surface area contributed by atoms with Gasteiger partial charge in [-0.15, -0.1) is 0 Å². The molecule has 7 nitrogen and oxygen atoms in total. The van der Waals surface area contributed by atoms with Crippen LogP contribution in [-0.4, -0.2) is 31.5 Å². The molecule has 0 aromatic heterocycles. The molecule has 0 aliphatic carbocycles. The maximum absolute atomic E-state index is 13.4. The van der Waals surface area contributed by atoms with Crippen molar-refractivity contribution in [2.75, 3.05) is 12.1 Å². The number of carbonyl (C=O) groups is 1. The molecule has 0 bridgehead atoms. The van der Waals surface area contributed by atoms with Gasteiger partial charge in [0.15, 0.2) is 11.5 Å². The number of amides is 1. The lowest BCUT2D eigenvalue weighted by Gasteiger charge is -2.35. The minimum Gasteiger partial charge on any atom is -0.454 e. The van der Waals surface area contributed by atoms with Crippen molar-refractivity contribution in [2.24, 2.45) is 0 Å². The molecule has 31 heavy (non-hydrogen) atoms. The van der Waals surface area contributed by atoms with Crippen molar-refractivity contribution in [2.45, 2.75) is 23.9 Å². The second-order valence-corrected chi connectivity index (χ2v) is 9.30. The number of benzene rings is 3. The summed E-state index contributed by atoms with van der Waals surface area (Å²) in [6.45, 7) is 0.266. The Morgan fingerprint density at radius 2 is 1.61 bits per heavy atom. The molecular weight excluding hydrogens is 416 g/mol. The van der Waals surface area contributed by atoms with E-state index in [1.54, 1.807) is 48.5 Å². The van der Waals surface area contributed by atoms with Gasteiger partial charge in [-0.25, -0.2) is 8.42 Å². The molecule has 2 heterocycles. The van der Waals surface area contributed by atoms with E-state index >= 15 is 0 Å². The first-order valence-electron chi connectivity index (χ1n) is 9.86. The van der Waals surface area contributed by atoms with E-state index in [1.165, 1.54) is 4.31 Å². The Hall–Kier alpha value is -3.36. The van der Waals surface area contributed by atoms with E-state index < -0.39 is 22.0 Å². The van der Waals surface area contributed by atoms with Crippen molar-refractivity contribution in [1.82, 2.24) is 4.31 Å². The molecule has 5 rings (SSSR count). The highest BCUT2D eigenvalue weighted by Gasteiger charge is 2.39. The highest BCUT2D eigenvalue weighted by atomic mass is 32.2. The normalized spacial score (nSPS) is 17.7. The predicted molar refractivity (Wildman–Crippen MR) is 114 cm³/mol. The second-order valence-electron chi connectivity index (χ2n) is 7.41. The summed E-state index contributed by atoms with van der Waals surface area (Å²) in [5.41, 5.74) is 2.38. The fourth-order valence-electron chi connectivity index (χ4n) is 3.90. The summed E-state index contributed by atoms with van der Waals surface area (Å²) in [5, 5.41) is 2.85. The van der Waals surface area contributed by atoms with Gasteiger partial charge in [0, 0.05) is 18.3 Å². The Morgan fingerprint density at radius 3 is 2.42 bits per heavy atom. The quantitative estimate of drug-likeness (QED) is 0.679. The number of hydrogen-bond acceptors (Lipinski definition) is 5. The SMILES string of the molecule is O=C(Nc1ccc2c(c1)OCO2)C1Cc2ccccc2CN1S(=O)(=O)c1ccccc1. The molecule has 0 fully saturated rings. The van der Waals surface area contributed by atoms with Gasteiger partial charge in [-0.2, -0.15) is 4.31 Å². The summed E-state index contributed by atoms with van der Waals surface area (Å²) >= 11 is 0. The van der Waals surface area contributed by atoms with Crippen molar-refractivity contribution in [3.8, 4) is 11.5 Å². The first kappa shape index (κ1) is 19.6. The predicted octanol–water partition coefficient (Wildman–Crippen LogP) is 3.17. The minimum atomic E-state index is -3.87. The van der Waals surface area contributed by atoms with Crippen molar-refractivity contribution in [3.63, 3.8) is 0 Å². The largest absolute Gasteiger partial charge is 0.454 e. The average Bonchev–Trinajstić information content (AvgIpc) is 3.26. The highest BCUT2D eigenvalue weighted by Crippen LogP contribution is 2.35. The van der Waals surface area contributed by atoms with Gasteiger partial charge in [0.2, 0.25) is 22.7 Å². The molecule has 3 aromatic carbocycles. The number of fused-ring (bicyclic) bond motifs is 2. The molecule has 2 aliphatic rings. The van der Waals surface area contributed by atoms with Gasteiger partial charge in [0.05, 0.1) is 4.90 Å². The van der Waals surface area contributed by atoms with Gasteiger partial charge < -0.3 is 14.8 Å². The van der Waals surface area contributed by atoms with Crippen molar-refractivity contribution in [3.05, 3.63) is 83.9 Å². The molecule has 0 radical (unpaired) electrons. The van der Waals surface area contributed by atoms with E-state index in [1.807, 2.05) is 24.3 Å². The molecule has 2 aliphatic heterocycles. The number of ether oxygens (including phenoxy) is 2. The summed E-state index contributed by atoms with van der Waals surface area (Å²) in [5.74, 6) is 0.756. The third-order valence-electron chi connectivity index (χ3n) is 5.50. The van der Waals surface area contributed by atoms with E-state index in [4.69, 9.17) is 9.47 Å². The van der Waals surface area contributed by atoms with Gasteiger partial charge >= 0.3 is 0 Å². The van der Waals surface area contributed by atoms with Gasteiger partial charge in [-0.1, -0.05) is 42.5 Å². The molecule has 158 valence electrons. The molecule has 8 heteroatoms. The third-order valence-corrected chi connectivity index (χ3v) is 7.37. The Kier molecular flexibility index (Phi) is 4.88. The van der Waals surface area contributed by atoms with Gasteiger partial charge in [0.1, 0.15) is 6.04 Å². The monoisotopic (exact) mass is 436 g/mol. The van der Waals surface area contributed by atoms with Crippen LogP contribution < -0.4 is 14.8 Å². The Balaban J connectivity index is 1.49. The smallest absolute Gasteiger partial charge is 0.244 e. The molecule has 1 atom stereocenters. The summed E-state index contributed by atoms with van der Waals surface area (Å²) in [7, 11) is -3.87. The maximum atomic E-state index is 13.4. The molecule has 0 spiro atoms. The molecule has 3 aromatic rings. The minimum absolute atomic E-state index is 0.132. The summed E-state index contributed by atoms with van der Waals surface area (Å²) in [4.78, 5) is 13.4. The lowest BCUT2D eigenvalue weighted by Crippen LogP contribution is -2.50. The first-order chi connectivity index (χ1) is 15.0. The zero-order valence-corrected chi connectivity index (χ0v) is 17.3. The van der Waals surface area contributed by atoms with Crippen molar-refractivity contribution in [1.29, 1.82) is 0 Å². The van der Waals surface area contributed by atoms with Gasteiger partial charge in [-0.05, 0) is 41.8 Å². The second kappa shape index (κ2) is 7.72. The number of nitrogens with one attached hydrogen (secondary N) is 1. The van der Waals surface area contributed by atoms with Crippen LogP contribution in [-0.2, 0) is 27.8 Å². The summed E-state index contributed by atoms with van der Waals surface area (Å²) in [6, 6.07) is 20.0. The highest BCUT2D eigenvalue weighted by molar-refractivity contribution is 7.89. The maximum Gasteiger partial charge on any atom is 0.244 e. The van der Waals surface area contributed by atoms with E-state index in [-0.39, 0.29) is 18.2 Å². The van der Waals surface area contributed by atoms with Crippen LogP contribution in [0.4, 0.5) is 5.69 Å². The van der Waals surface area contributed by atoms with Crippen LogP contribution in [0.5, 0.6) is 11.5 Å². The van der Waals surface area contributed by atoms with Gasteiger partial charge in [-0.3, -0.25) is 4.79 Å². The lowest BCUT2D eigenvalue weighted by molar-refractivity contribution is -0.120. The number of hydrogen-bond donors (Lipinski definition) is 1. The van der Waals surface area contributed by atoms with Gasteiger partial charge in [0.25, 0.3) is 0 Å². The average molecular weight is 436 g/mol. The van der Waals surface area contributed by atoms with E-state index in [0.29, 0.717) is 23.6 Å². The van der Waals surface area contributed by atoms with Crippen LogP contribution in [0.25, 0.3) is 0 Å². The van der Waals surface area contributed by atoms with E-state index in [0.717, 1.165) is 11.1 Å². The van der Waals surface area contributed by atoms with E-state index in [2.05, 4.69) is 5.32 Å². The Bertz CT molecular complexity index is 1240. The Morgan fingerprint density at radius 1 is 0.903 bits per heavy atom. The van der Waals surface area contributed by atoms with Crippen LogP contribution in [0.3, 0.4) is 0 Å². The zero-order chi connectivity index (χ0) is 21.4. The topological polar surface area (TPSA) is 84.9 Å². The number of nitrogens with zero attached hydrogens (tertiary/aromatic N) is 1. The molecule has 0 saturated heterocycles. The third kappa shape index (κ3) is 3.64. The van der Waals surface area contributed by atoms with Crippen molar-refractivity contribution >= 4 is 21.6 Å². The number of sulfonamides is 1. The van der Waals surface area contributed by atoms with Crippen LogP contribution in [0, 0.1) is 0 Å². The van der Waals surface area contributed by atoms with Crippen LogP contribution in [0.1, 0.15) is 11.1 Å². The number of anilines is 1. The Labute approximate surface area is 180 Å². The fraction of sp³-hybridized carbons (Fsp3) is 0.174. The number of carbonyl (C=O) groups excluding carboxylic acids is 1. The fourth-order valence-corrected chi connectivity index (χ4v) is 5.49. The first-order valence-corrected chi connectivity index (χ1v) is 11.3. The van der Waals surface area contributed by atoms with Crippen LogP contribution in [0.15, 0.2) is 77.7 Å². The van der Waals surface area contributed by atoms with Crippen molar-refractivity contribution < 1.29 is 22.7 Å². The molecule has 1 N–H and O–H groups in total. The van der Waals surface area contributed by atoms with Crippen LogP contribution >= 0.6 is 0 Å². The molecule has 1 unspecified atom stereocenters. The summed E-state index contributed by atoms with van der Waals surface area (Å²) < 4.78 is 38.8. The van der Waals surface area contributed by atoms with Crippen LogP contribution in [0.2, 0.25) is 0 Å². The molecule has 0 saturated carbocycles. The molecular formula is C23H20N2O5S. The van der Waals surface area contributed by atoms with E-state index in [9.17, 15) is 13.2 Å².